The molecule has 18 heavy (non-hydrogen) atoms. The highest BCUT2D eigenvalue weighted by Crippen LogP contribution is 2.22. The van der Waals surface area contributed by atoms with Crippen molar-refractivity contribution in [3.63, 3.8) is 0 Å². The van der Waals surface area contributed by atoms with Crippen molar-refractivity contribution < 1.29 is 19.4 Å². The maximum absolute atomic E-state index is 11.8. The Kier molecular flexibility index (Phi) is 3.95. The molecule has 1 aromatic heterocycles. The van der Waals surface area contributed by atoms with Crippen LogP contribution in [0.5, 0.6) is 0 Å². The summed E-state index contributed by atoms with van der Waals surface area (Å²) in [6.07, 6.45) is 0. The van der Waals surface area contributed by atoms with E-state index in [9.17, 15) is 14.4 Å². The van der Waals surface area contributed by atoms with Crippen LogP contribution in [0, 0.1) is 6.92 Å². The summed E-state index contributed by atoms with van der Waals surface area (Å²) in [7, 11) is 0. The topological polar surface area (TPSA) is 85.6 Å². The molecule has 1 rings (SSSR count). The molecule has 7 heteroatoms. The minimum atomic E-state index is -1.22. The summed E-state index contributed by atoms with van der Waals surface area (Å²) in [6, 6.07) is 0. The molecule has 6 nitrogen and oxygen atoms in total. The fourth-order valence-electron chi connectivity index (χ4n) is 1.69. The highest BCUT2D eigenvalue weighted by atomic mass is 32.1. The van der Waals surface area contributed by atoms with E-state index in [2.05, 4.69) is 0 Å². The minimum absolute atomic E-state index is 0.0580. The van der Waals surface area contributed by atoms with Gasteiger partial charge in [0, 0.05) is 5.69 Å². The molecular formula is C11H15NO5S. The Labute approximate surface area is 108 Å². The lowest BCUT2D eigenvalue weighted by molar-refractivity contribution is -0.152. The van der Waals surface area contributed by atoms with Crippen molar-refractivity contribution in [3.8, 4) is 0 Å². The van der Waals surface area contributed by atoms with Gasteiger partial charge in [-0.15, -0.1) is 0 Å². The van der Waals surface area contributed by atoms with E-state index in [0.29, 0.717) is 11.3 Å². The lowest BCUT2D eigenvalue weighted by Crippen LogP contribution is -2.42. The Morgan fingerprint density at radius 2 is 2.00 bits per heavy atom. The van der Waals surface area contributed by atoms with Crippen LogP contribution >= 0.6 is 11.3 Å². The maximum atomic E-state index is 11.8. The third kappa shape index (κ3) is 2.31. The van der Waals surface area contributed by atoms with Crippen LogP contribution in [0.3, 0.4) is 0 Å². The van der Waals surface area contributed by atoms with Crippen LogP contribution < -0.4 is 4.87 Å². The van der Waals surface area contributed by atoms with Crippen LogP contribution in [-0.4, -0.2) is 28.2 Å². The highest BCUT2D eigenvalue weighted by Gasteiger charge is 2.36. The van der Waals surface area contributed by atoms with E-state index in [1.54, 1.807) is 6.92 Å². The first-order valence-electron chi connectivity index (χ1n) is 5.36. The summed E-state index contributed by atoms with van der Waals surface area (Å²) in [5, 5.41) is 8.95. The van der Waals surface area contributed by atoms with Crippen LogP contribution in [-0.2, 0) is 15.1 Å². The number of nitrogens with zero attached hydrogens (tertiary/aromatic N) is 1. The number of carboxylic acids is 1. The predicted octanol–water partition coefficient (Wildman–Crippen LogP) is 1.21. The van der Waals surface area contributed by atoms with Gasteiger partial charge in [0.15, 0.2) is 0 Å². The second-order valence-electron chi connectivity index (χ2n) is 4.20. The largest absolute Gasteiger partial charge is 0.477 e. The van der Waals surface area contributed by atoms with E-state index < -0.39 is 22.4 Å². The van der Waals surface area contributed by atoms with E-state index in [1.165, 1.54) is 25.3 Å². The molecule has 0 aliphatic heterocycles. The molecule has 0 saturated heterocycles. The number of thiazole rings is 1. The first-order chi connectivity index (χ1) is 8.23. The third-order valence-electron chi connectivity index (χ3n) is 2.56. The van der Waals surface area contributed by atoms with Crippen LogP contribution in [0.15, 0.2) is 4.79 Å². The average Bonchev–Trinajstić information content (AvgIpc) is 2.55. The summed E-state index contributed by atoms with van der Waals surface area (Å²) in [4.78, 5) is 34.1. The monoisotopic (exact) mass is 273 g/mol. The summed E-state index contributed by atoms with van der Waals surface area (Å²) in [5.41, 5.74) is -0.961. The number of carbonyl (C=O) groups excluding carboxylic acids is 1. The first-order valence-corrected chi connectivity index (χ1v) is 6.18. The zero-order valence-corrected chi connectivity index (χ0v) is 11.5. The minimum Gasteiger partial charge on any atom is -0.477 e. The molecule has 0 aromatic carbocycles. The molecule has 1 N–H and O–H groups in total. The number of carbonyl (C=O) groups is 2. The van der Waals surface area contributed by atoms with Gasteiger partial charge in [-0.05, 0) is 27.7 Å². The molecule has 0 spiro atoms. The summed E-state index contributed by atoms with van der Waals surface area (Å²) < 4.78 is 6.07. The van der Waals surface area contributed by atoms with Crippen molar-refractivity contribution >= 4 is 23.3 Å². The summed E-state index contributed by atoms with van der Waals surface area (Å²) in [5.74, 6) is -1.74. The molecule has 0 fully saturated rings. The molecule has 0 aliphatic carbocycles. The molecule has 0 amide bonds. The predicted molar refractivity (Wildman–Crippen MR) is 66.2 cm³/mol. The normalized spacial score (nSPS) is 11.3. The van der Waals surface area contributed by atoms with Gasteiger partial charge in [-0.25, -0.2) is 9.59 Å². The van der Waals surface area contributed by atoms with Gasteiger partial charge in [0.05, 0.1) is 6.61 Å². The van der Waals surface area contributed by atoms with Crippen LogP contribution in [0.1, 0.15) is 36.1 Å². The van der Waals surface area contributed by atoms with E-state index >= 15 is 0 Å². The molecule has 1 heterocycles. The molecule has 0 unspecified atom stereocenters. The molecule has 0 bridgehead atoms. The number of aromatic nitrogens is 1. The van der Waals surface area contributed by atoms with E-state index in [-0.39, 0.29) is 17.2 Å². The molecule has 0 radical (unpaired) electrons. The summed E-state index contributed by atoms with van der Waals surface area (Å²) in [6.45, 7) is 6.42. The van der Waals surface area contributed by atoms with Gasteiger partial charge in [0.25, 0.3) is 0 Å². The highest BCUT2D eigenvalue weighted by molar-refractivity contribution is 7.11. The Bertz CT molecular complexity index is 540. The fraction of sp³-hybridized carbons (Fsp3) is 0.545. The lowest BCUT2D eigenvalue weighted by Gasteiger charge is -2.24. The van der Waals surface area contributed by atoms with Gasteiger partial charge in [0.1, 0.15) is 10.4 Å². The van der Waals surface area contributed by atoms with Crippen molar-refractivity contribution in [3.05, 3.63) is 20.2 Å². The Morgan fingerprint density at radius 1 is 1.44 bits per heavy atom. The number of rotatable bonds is 4. The van der Waals surface area contributed by atoms with Crippen LogP contribution in [0.4, 0.5) is 0 Å². The van der Waals surface area contributed by atoms with E-state index in [4.69, 9.17) is 9.84 Å². The Balaban J connectivity index is 3.37. The molecule has 0 atom stereocenters. The van der Waals surface area contributed by atoms with Gasteiger partial charge < -0.3 is 9.84 Å². The van der Waals surface area contributed by atoms with Crippen molar-refractivity contribution in [1.29, 1.82) is 0 Å². The van der Waals surface area contributed by atoms with Gasteiger partial charge in [0.2, 0.25) is 0 Å². The van der Waals surface area contributed by atoms with Crippen LogP contribution in [0.2, 0.25) is 0 Å². The zero-order chi connectivity index (χ0) is 14.1. The second kappa shape index (κ2) is 4.93. The molecule has 100 valence electrons. The Hall–Kier alpha value is -1.63. The molecule has 0 saturated carbocycles. The molecule has 0 aliphatic rings. The van der Waals surface area contributed by atoms with Crippen LogP contribution in [0.25, 0.3) is 0 Å². The summed E-state index contributed by atoms with van der Waals surface area (Å²) >= 11 is 0.612. The molecular weight excluding hydrogens is 258 g/mol. The quantitative estimate of drug-likeness (QED) is 0.833. The van der Waals surface area contributed by atoms with Gasteiger partial charge in [-0.1, -0.05) is 11.3 Å². The fourth-order valence-corrected chi connectivity index (χ4v) is 2.65. The standard InChI is InChI=1S/C11H15NO5S/c1-5-17-9(15)11(3,4)12-6(2)7(8(13)14)18-10(12)16/h5H2,1-4H3,(H,13,14). The lowest BCUT2D eigenvalue weighted by atomic mass is 10.1. The maximum Gasteiger partial charge on any atom is 0.347 e. The first kappa shape index (κ1) is 14.4. The van der Waals surface area contributed by atoms with E-state index in [0.717, 1.165) is 0 Å². The smallest absolute Gasteiger partial charge is 0.347 e. The molecule has 1 aromatic rings. The number of ether oxygens (including phenoxy) is 1. The average molecular weight is 273 g/mol. The van der Waals surface area contributed by atoms with Crippen molar-refractivity contribution in [2.24, 2.45) is 0 Å². The third-order valence-corrected chi connectivity index (χ3v) is 3.60. The van der Waals surface area contributed by atoms with Crippen molar-refractivity contribution in [2.75, 3.05) is 6.61 Å². The SMILES string of the molecule is CCOC(=O)C(C)(C)n1c(C)c(C(=O)O)sc1=O. The number of aromatic carboxylic acids is 1. The number of hydrogen-bond donors (Lipinski definition) is 1. The zero-order valence-electron chi connectivity index (χ0n) is 10.6. The van der Waals surface area contributed by atoms with E-state index in [1.807, 2.05) is 0 Å². The van der Waals surface area contributed by atoms with Crippen molar-refractivity contribution in [1.82, 2.24) is 4.57 Å². The number of esters is 1. The van der Waals surface area contributed by atoms with Crippen molar-refractivity contribution in [2.45, 2.75) is 33.2 Å². The Morgan fingerprint density at radius 3 is 2.39 bits per heavy atom. The van der Waals surface area contributed by atoms with Gasteiger partial charge in [-0.3, -0.25) is 9.36 Å². The van der Waals surface area contributed by atoms with Gasteiger partial charge in [-0.2, -0.15) is 0 Å². The second-order valence-corrected chi connectivity index (χ2v) is 5.16. The number of hydrogen-bond acceptors (Lipinski definition) is 5. The number of carboxylic acid groups (broad SMARTS) is 1. The van der Waals surface area contributed by atoms with Gasteiger partial charge >= 0.3 is 16.8 Å².